The molecule has 0 spiro atoms. The van der Waals surface area contributed by atoms with Gasteiger partial charge in [-0.15, -0.1) is 0 Å². The highest BCUT2D eigenvalue weighted by molar-refractivity contribution is 6.34. The third-order valence-electron chi connectivity index (χ3n) is 2.93. The maximum absolute atomic E-state index is 11.3. The van der Waals surface area contributed by atoms with Crippen molar-refractivity contribution in [3.63, 3.8) is 0 Å². The molecule has 2 amide bonds. The normalized spacial score (nSPS) is 16.6. The summed E-state index contributed by atoms with van der Waals surface area (Å²) in [5.74, 6) is -1.64. The number of primary amides is 1. The lowest BCUT2D eigenvalue weighted by Crippen LogP contribution is -2.42. The van der Waals surface area contributed by atoms with Gasteiger partial charge < -0.3 is 11.1 Å². The Morgan fingerprint density at radius 1 is 1.25 bits per heavy atom. The Morgan fingerprint density at radius 3 is 2.25 bits per heavy atom. The average molecular weight is 218 g/mol. The van der Waals surface area contributed by atoms with Crippen molar-refractivity contribution in [2.24, 2.45) is 5.73 Å². The maximum atomic E-state index is 11.3. The van der Waals surface area contributed by atoms with Crippen LogP contribution in [-0.2, 0) is 15.1 Å². The van der Waals surface area contributed by atoms with Crippen LogP contribution >= 0.6 is 0 Å². The number of aryl methyl sites for hydroxylation is 1. The van der Waals surface area contributed by atoms with Gasteiger partial charge in [0.15, 0.2) is 0 Å². The molecule has 0 atom stereocenters. The van der Waals surface area contributed by atoms with Crippen molar-refractivity contribution in [1.29, 1.82) is 0 Å². The predicted octanol–water partition coefficient (Wildman–Crippen LogP) is 0.586. The molecule has 0 radical (unpaired) electrons. The number of nitrogens with one attached hydrogen (secondary N) is 1. The van der Waals surface area contributed by atoms with Gasteiger partial charge in [0.1, 0.15) is 0 Å². The molecule has 3 N–H and O–H groups in total. The second-order valence-corrected chi connectivity index (χ2v) is 4.27. The second kappa shape index (κ2) is 3.63. The summed E-state index contributed by atoms with van der Waals surface area (Å²) in [7, 11) is 0. The van der Waals surface area contributed by atoms with Gasteiger partial charge in [-0.25, -0.2) is 0 Å². The summed E-state index contributed by atoms with van der Waals surface area (Å²) in [5, 5.41) is 2.69. The number of hydrogen-bond acceptors (Lipinski definition) is 2. The van der Waals surface area contributed by atoms with Gasteiger partial charge >= 0.3 is 11.8 Å². The topological polar surface area (TPSA) is 72.2 Å². The minimum absolute atomic E-state index is 0.361. The van der Waals surface area contributed by atoms with Crippen molar-refractivity contribution in [3.05, 3.63) is 35.4 Å². The Labute approximate surface area is 93.8 Å². The molecule has 0 bridgehead atoms. The smallest absolute Gasteiger partial charge is 0.309 e. The van der Waals surface area contributed by atoms with Crippen LogP contribution in [0, 0.1) is 6.92 Å². The van der Waals surface area contributed by atoms with Crippen LogP contribution < -0.4 is 11.1 Å². The van der Waals surface area contributed by atoms with E-state index in [0.29, 0.717) is 0 Å². The SMILES string of the molecule is Cc1ccc(C2(NC(=O)C(N)=O)CC2)cc1. The zero-order chi connectivity index (χ0) is 11.8. The van der Waals surface area contributed by atoms with Gasteiger partial charge in [0, 0.05) is 0 Å². The molecular formula is C12H14N2O2. The number of benzene rings is 1. The fourth-order valence-electron chi connectivity index (χ4n) is 1.76. The Hall–Kier alpha value is -1.84. The Morgan fingerprint density at radius 2 is 1.81 bits per heavy atom. The van der Waals surface area contributed by atoms with E-state index in [1.807, 2.05) is 31.2 Å². The maximum Gasteiger partial charge on any atom is 0.309 e. The van der Waals surface area contributed by atoms with Crippen molar-refractivity contribution in [2.45, 2.75) is 25.3 Å². The van der Waals surface area contributed by atoms with E-state index in [0.717, 1.165) is 18.4 Å². The lowest BCUT2D eigenvalue weighted by atomic mass is 10.0. The van der Waals surface area contributed by atoms with E-state index < -0.39 is 11.8 Å². The Kier molecular flexibility index (Phi) is 2.42. The van der Waals surface area contributed by atoms with Crippen LogP contribution in [0.4, 0.5) is 0 Å². The largest absolute Gasteiger partial charge is 0.361 e. The molecule has 2 rings (SSSR count). The first kappa shape index (κ1) is 10.7. The van der Waals surface area contributed by atoms with E-state index in [2.05, 4.69) is 5.32 Å². The Balaban J connectivity index is 2.17. The van der Waals surface area contributed by atoms with Gasteiger partial charge in [-0.05, 0) is 25.3 Å². The number of amides is 2. The highest BCUT2D eigenvalue weighted by Crippen LogP contribution is 2.45. The molecule has 1 aromatic rings. The van der Waals surface area contributed by atoms with E-state index in [-0.39, 0.29) is 5.54 Å². The van der Waals surface area contributed by atoms with Crippen LogP contribution in [0.15, 0.2) is 24.3 Å². The second-order valence-electron chi connectivity index (χ2n) is 4.27. The van der Waals surface area contributed by atoms with E-state index >= 15 is 0 Å². The van der Waals surface area contributed by atoms with Gasteiger partial charge in [-0.2, -0.15) is 0 Å². The molecule has 1 aliphatic carbocycles. The minimum Gasteiger partial charge on any atom is -0.361 e. The van der Waals surface area contributed by atoms with E-state index in [9.17, 15) is 9.59 Å². The zero-order valence-electron chi connectivity index (χ0n) is 9.12. The fourth-order valence-corrected chi connectivity index (χ4v) is 1.76. The highest BCUT2D eigenvalue weighted by atomic mass is 16.2. The standard InChI is InChI=1S/C12H14N2O2/c1-8-2-4-9(5-3-8)12(6-7-12)14-11(16)10(13)15/h2-5H,6-7H2,1H3,(H2,13,15)(H,14,16). The number of carbonyl (C=O) groups is 2. The van der Waals surface area contributed by atoms with Crippen molar-refractivity contribution in [1.82, 2.24) is 5.32 Å². The summed E-state index contributed by atoms with van der Waals surface area (Å²) in [6.07, 6.45) is 1.71. The average Bonchev–Trinajstić information content (AvgIpc) is 2.99. The lowest BCUT2D eigenvalue weighted by Gasteiger charge is -2.16. The summed E-state index contributed by atoms with van der Waals surface area (Å²) >= 11 is 0. The van der Waals surface area contributed by atoms with Crippen LogP contribution in [0.5, 0.6) is 0 Å². The van der Waals surface area contributed by atoms with Crippen LogP contribution in [0.1, 0.15) is 24.0 Å². The molecule has 84 valence electrons. The van der Waals surface area contributed by atoms with E-state index in [1.54, 1.807) is 0 Å². The van der Waals surface area contributed by atoms with E-state index in [1.165, 1.54) is 5.56 Å². The Bertz CT molecular complexity index is 433. The molecule has 1 fully saturated rings. The van der Waals surface area contributed by atoms with Gasteiger partial charge in [-0.3, -0.25) is 9.59 Å². The summed E-state index contributed by atoms with van der Waals surface area (Å²) in [6.45, 7) is 2.01. The van der Waals surface area contributed by atoms with Crippen LogP contribution in [0.3, 0.4) is 0 Å². The molecule has 0 saturated heterocycles. The molecule has 4 heteroatoms. The molecule has 1 aromatic carbocycles. The molecule has 4 nitrogen and oxygen atoms in total. The highest BCUT2D eigenvalue weighted by Gasteiger charge is 2.46. The van der Waals surface area contributed by atoms with Gasteiger partial charge in [0.25, 0.3) is 0 Å². The summed E-state index contributed by atoms with van der Waals surface area (Å²) in [4.78, 5) is 22.0. The van der Waals surface area contributed by atoms with Crippen LogP contribution in [-0.4, -0.2) is 11.8 Å². The molecule has 16 heavy (non-hydrogen) atoms. The molecular weight excluding hydrogens is 204 g/mol. The van der Waals surface area contributed by atoms with Crippen molar-refractivity contribution in [3.8, 4) is 0 Å². The molecule has 1 aliphatic rings. The molecule has 0 heterocycles. The summed E-state index contributed by atoms with van der Waals surface area (Å²) in [6, 6.07) is 7.94. The van der Waals surface area contributed by atoms with E-state index in [4.69, 9.17) is 5.73 Å². The number of hydrogen-bond donors (Lipinski definition) is 2. The van der Waals surface area contributed by atoms with Gasteiger partial charge in [0.05, 0.1) is 5.54 Å². The summed E-state index contributed by atoms with van der Waals surface area (Å²) < 4.78 is 0. The van der Waals surface area contributed by atoms with Gasteiger partial charge in [0.2, 0.25) is 0 Å². The third-order valence-corrected chi connectivity index (χ3v) is 2.93. The zero-order valence-corrected chi connectivity index (χ0v) is 9.12. The minimum atomic E-state index is -0.932. The number of rotatable bonds is 2. The predicted molar refractivity (Wildman–Crippen MR) is 59.4 cm³/mol. The molecule has 0 aromatic heterocycles. The molecule has 0 unspecified atom stereocenters. The quantitative estimate of drug-likeness (QED) is 0.713. The van der Waals surface area contributed by atoms with Crippen LogP contribution in [0.25, 0.3) is 0 Å². The number of carbonyl (C=O) groups excluding carboxylic acids is 2. The van der Waals surface area contributed by atoms with Crippen molar-refractivity contribution in [2.75, 3.05) is 0 Å². The first-order valence-corrected chi connectivity index (χ1v) is 5.23. The third kappa shape index (κ3) is 1.91. The monoisotopic (exact) mass is 218 g/mol. The van der Waals surface area contributed by atoms with Crippen molar-refractivity contribution < 1.29 is 9.59 Å². The van der Waals surface area contributed by atoms with Crippen molar-refractivity contribution >= 4 is 11.8 Å². The van der Waals surface area contributed by atoms with Gasteiger partial charge in [-0.1, -0.05) is 29.8 Å². The first-order chi connectivity index (χ1) is 7.53. The summed E-state index contributed by atoms with van der Waals surface area (Å²) in [5.41, 5.74) is 6.76. The number of nitrogens with two attached hydrogens (primary N) is 1. The van der Waals surface area contributed by atoms with Crippen LogP contribution in [0.2, 0.25) is 0 Å². The lowest BCUT2D eigenvalue weighted by molar-refractivity contribution is -0.138. The molecule has 1 saturated carbocycles. The molecule has 0 aliphatic heterocycles. The fraction of sp³-hybridized carbons (Fsp3) is 0.333. The first-order valence-electron chi connectivity index (χ1n) is 5.23.